The van der Waals surface area contributed by atoms with Gasteiger partial charge in [-0.25, -0.2) is 0 Å². The van der Waals surface area contributed by atoms with Crippen LogP contribution in [0.2, 0.25) is 0 Å². The van der Waals surface area contributed by atoms with Crippen LogP contribution in [0.1, 0.15) is 36.8 Å². The summed E-state index contributed by atoms with van der Waals surface area (Å²) in [6, 6.07) is 8.94. The fourth-order valence-corrected chi connectivity index (χ4v) is 4.35. The third-order valence-electron chi connectivity index (χ3n) is 3.80. The molecule has 18 heavy (non-hydrogen) atoms. The number of rotatable bonds is 4. The lowest BCUT2D eigenvalue weighted by Gasteiger charge is -2.28. The summed E-state index contributed by atoms with van der Waals surface area (Å²) < 4.78 is 12.4. The highest BCUT2D eigenvalue weighted by Gasteiger charge is 2.25. The molecule has 0 aliphatic heterocycles. The summed E-state index contributed by atoms with van der Waals surface area (Å²) in [6.45, 7) is 2.09. The first-order chi connectivity index (χ1) is 8.69. The van der Waals surface area contributed by atoms with E-state index in [0.29, 0.717) is 17.0 Å². The minimum absolute atomic E-state index is 0.372. The van der Waals surface area contributed by atoms with E-state index >= 15 is 0 Å². The van der Waals surface area contributed by atoms with Gasteiger partial charge in [-0.2, -0.15) is 0 Å². The molecule has 3 unspecified atom stereocenters. The van der Waals surface area contributed by atoms with Gasteiger partial charge < -0.3 is 5.32 Å². The Balaban J connectivity index is 1.95. The zero-order chi connectivity index (χ0) is 13.0. The van der Waals surface area contributed by atoms with Crippen molar-refractivity contribution in [3.8, 4) is 0 Å². The average molecular weight is 265 g/mol. The van der Waals surface area contributed by atoms with Gasteiger partial charge in [0.05, 0.1) is 0 Å². The first-order valence-corrected chi connectivity index (χ1v) is 8.17. The van der Waals surface area contributed by atoms with Crippen LogP contribution in [0.15, 0.2) is 24.3 Å². The standard InChI is InChI=1S/C15H23NOS/c1-12-5-3-6-13(9-12)11-18(17)15-8-4-7-14(10-15)16-2/h3,5-6,9,14-16H,4,7-8,10-11H2,1-2H3. The SMILES string of the molecule is CNC1CCCC(S(=O)Cc2cccc(C)c2)C1. The van der Waals surface area contributed by atoms with Crippen LogP contribution >= 0.6 is 0 Å². The van der Waals surface area contributed by atoms with Crippen LogP contribution in [0.25, 0.3) is 0 Å². The molecule has 1 aliphatic carbocycles. The van der Waals surface area contributed by atoms with E-state index in [-0.39, 0.29) is 0 Å². The van der Waals surface area contributed by atoms with Crippen molar-refractivity contribution in [1.82, 2.24) is 5.32 Å². The van der Waals surface area contributed by atoms with Gasteiger partial charge in [0.2, 0.25) is 0 Å². The molecule has 0 heterocycles. The summed E-state index contributed by atoms with van der Waals surface area (Å²) >= 11 is 0. The third kappa shape index (κ3) is 3.66. The van der Waals surface area contributed by atoms with Crippen LogP contribution in [0.3, 0.4) is 0 Å². The Labute approximate surface area is 113 Å². The minimum atomic E-state index is -0.728. The van der Waals surface area contributed by atoms with Crippen LogP contribution < -0.4 is 5.32 Å². The van der Waals surface area contributed by atoms with Crippen molar-refractivity contribution in [3.05, 3.63) is 35.4 Å². The molecule has 0 saturated heterocycles. The second-order valence-corrected chi connectivity index (χ2v) is 7.01. The van der Waals surface area contributed by atoms with Gasteiger partial charge >= 0.3 is 0 Å². The van der Waals surface area contributed by atoms with E-state index in [2.05, 4.69) is 36.5 Å². The van der Waals surface area contributed by atoms with Gasteiger partial charge in [-0.05, 0) is 38.8 Å². The molecule has 3 heteroatoms. The highest BCUT2D eigenvalue weighted by atomic mass is 32.2. The van der Waals surface area contributed by atoms with Crippen LogP contribution in [0, 0.1) is 6.92 Å². The van der Waals surface area contributed by atoms with Gasteiger partial charge in [0.1, 0.15) is 0 Å². The largest absolute Gasteiger partial charge is 0.317 e. The molecule has 3 atom stereocenters. The van der Waals surface area contributed by atoms with Crippen molar-refractivity contribution < 1.29 is 4.21 Å². The second kappa shape index (κ2) is 6.48. The molecule has 1 N–H and O–H groups in total. The normalized spacial score (nSPS) is 25.9. The van der Waals surface area contributed by atoms with Gasteiger partial charge in [-0.15, -0.1) is 0 Å². The lowest BCUT2D eigenvalue weighted by atomic mass is 9.95. The molecule has 1 aromatic carbocycles. The van der Waals surface area contributed by atoms with Crippen molar-refractivity contribution in [2.24, 2.45) is 0 Å². The second-order valence-electron chi connectivity index (χ2n) is 5.29. The quantitative estimate of drug-likeness (QED) is 0.907. The topological polar surface area (TPSA) is 29.1 Å². The van der Waals surface area contributed by atoms with Crippen molar-refractivity contribution >= 4 is 10.8 Å². The number of hydrogen-bond acceptors (Lipinski definition) is 2. The molecule has 2 nitrogen and oxygen atoms in total. The molecule has 0 radical (unpaired) electrons. The van der Waals surface area contributed by atoms with Gasteiger partial charge in [0, 0.05) is 27.8 Å². The number of benzene rings is 1. The summed E-state index contributed by atoms with van der Waals surface area (Å²) in [5.74, 6) is 0.711. The minimum Gasteiger partial charge on any atom is -0.317 e. The van der Waals surface area contributed by atoms with E-state index in [0.717, 1.165) is 12.8 Å². The third-order valence-corrected chi connectivity index (χ3v) is 5.59. The lowest BCUT2D eigenvalue weighted by Crippen LogP contribution is -2.35. The summed E-state index contributed by atoms with van der Waals surface area (Å²) in [6.07, 6.45) is 4.62. The monoisotopic (exact) mass is 265 g/mol. The predicted molar refractivity (Wildman–Crippen MR) is 78.1 cm³/mol. The van der Waals surface area contributed by atoms with E-state index < -0.39 is 10.8 Å². The van der Waals surface area contributed by atoms with Gasteiger partial charge in [0.15, 0.2) is 0 Å². The summed E-state index contributed by atoms with van der Waals surface area (Å²) in [4.78, 5) is 0. The highest BCUT2D eigenvalue weighted by molar-refractivity contribution is 7.84. The number of hydrogen-bond donors (Lipinski definition) is 1. The molecular weight excluding hydrogens is 242 g/mol. The fraction of sp³-hybridized carbons (Fsp3) is 0.600. The van der Waals surface area contributed by atoms with Crippen LogP contribution in [0.4, 0.5) is 0 Å². The zero-order valence-corrected chi connectivity index (χ0v) is 12.1. The fourth-order valence-electron chi connectivity index (χ4n) is 2.73. The van der Waals surface area contributed by atoms with Gasteiger partial charge in [0.25, 0.3) is 0 Å². The zero-order valence-electron chi connectivity index (χ0n) is 11.3. The van der Waals surface area contributed by atoms with E-state index in [4.69, 9.17) is 0 Å². The van der Waals surface area contributed by atoms with Crippen molar-refractivity contribution in [1.29, 1.82) is 0 Å². The predicted octanol–water partition coefficient (Wildman–Crippen LogP) is 2.77. The van der Waals surface area contributed by atoms with Crippen molar-refractivity contribution in [2.75, 3.05) is 7.05 Å². The molecular formula is C15H23NOS. The maximum absolute atomic E-state index is 12.4. The van der Waals surface area contributed by atoms with Gasteiger partial charge in [-0.3, -0.25) is 4.21 Å². The molecule has 1 fully saturated rings. The average Bonchev–Trinajstić information content (AvgIpc) is 2.39. The Hall–Kier alpha value is -0.670. The molecule has 0 spiro atoms. The molecule has 1 saturated carbocycles. The van der Waals surface area contributed by atoms with E-state index in [1.807, 2.05) is 7.05 Å². The Morgan fingerprint density at radius 2 is 2.22 bits per heavy atom. The molecule has 0 amide bonds. The van der Waals surface area contributed by atoms with E-state index in [9.17, 15) is 4.21 Å². The lowest BCUT2D eigenvalue weighted by molar-refractivity contribution is 0.398. The summed E-state index contributed by atoms with van der Waals surface area (Å²) in [5.41, 5.74) is 2.46. The molecule has 1 aromatic rings. The highest BCUT2D eigenvalue weighted by Crippen LogP contribution is 2.24. The van der Waals surface area contributed by atoms with Crippen LogP contribution in [-0.4, -0.2) is 22.5 Å². The number of aryl methyl sites for hydroxylation is 1. The first kappa shape index (κ1) is 13.8. The Morgan fingerprint density at radius 1 is 1.39 bits per heavy atom. The maximum atomic E-state index is 12.4. The van der Waals surface area contributed by atoms with Crippen LogP contribution in [-0.2, 0) is 16.6 Å². The van der Waals surface area contributed by atoms with Crippen LogP contribution in [0.5, 0.6) is 0 Å². The van der Waals surface area contributed by atoms with E-state index in [1.54, 1.807) is 0 Å². The molecule has 100 valence electrons. The first-order valence-electron chi connectivity index (χ1n) is 6.79. The summed E-state index contributed by atoms with van der Waals surface area (Å²) in [5, 5.41) is 3.70. The van der Waals surface area contributed by atoms with Gasteiger partial charge in [-0.1, -0.05) is 36.2 Å². The van der Waals surface area contributed by atoms with Crippen molar-refractivity contribution in [2.45, 2.75) is 49.7 Å². The maximum Gasteiger partial charge on any atom is 0.0488 e. The molecule has 0 bridgehead atoms. The van der Waals surface area contributed by atoms with E-state index in [1.165, 1.54) is 24.0 Å². The number of nitrogens with one attached hydrogen (secondary N) is 1. The Morgan fingerprint density at radius 3 is 2.94 bits per heavy atom. The Bertz CT molecular complexity index is 419. The molecule has 2 rings (SSSR count). The molecule has 1 aliphatic rings. The summed E-state index contributed by atoms with van der Waals surface area (Å²) in [7, 11) is 1.28. The van der Waals surface area contributed by atoms with Crippen molar-refractivity contribution in [3.63, 3.8) is 0 Å². The Kier molecular flexibility index (Phi) is 4.95. The molecule has 0 aromatic heterocycles. The smallest absolute Gasteiger partial charge is 0.0488 e.